The maximum Gasteiger partial charge on any atom is 0.306 e. The fourth-order valence-electron chi connectivity index (χ4n) is 1.78. The van der Waals surface area contributed by atoms with Crippen LogP contribution in [0.5, 0.6) is 0 Å². The van der Waals surface area contributed by atoms with Crippen LogP contribution in [0.1, 0.15) is 6.42 Å². The predicted molar refractivity (Wildman–Crippen MR) is 85.3 cm³/mol. The van der Waals surface area contributed by atoms with Gasteiger partial charge in [-0.25, -0.2) is 0 Å². The Balaban J connectivity index is 1.96. The molecule has 5 nitrogen and oxygen atoms in total. The summed E-state index contributed by atoms with van der Waals surface area (Å²) in [5.74, 6) is -0.450. The maximum atomic E-state index is 12.0. The number of methoxy groups -OCH3 is 1. The summed E-state index contributed by atoms with van der Waals surface area (Å²) < 4.78 is 4.53. The summed E-state index contributed by atoms with van der Waals surface area (Å²) >= 11 is 1.18. The van der Waals surface area contributed by atoms with E-state index in [0.717, 1.165) is 5.69 Å². The first kappa shape index (κ1) is 16.0. The molecule has 1 aliphatic carbocycles. The van der Waals surface area contributed by atoms with E-state index in [-0.39, 0.29) is 29.7 Å². The molecule has 1 N–H and O–H groups in total. The minimum absolute atomic E-state index is 0.193. The Hall–Kier alpha value is -2.34. The lowest BCUT2D eigenvalue weighted by Gasteiger charge is -2.13. The van der Waals surface area contributed by atoms with Gasteiger partial charge in [-0.05, 0) is 12.1 Å². The number of anilines is 1. The first-order chi connectivity index (χ1) is 10.6. The average molecular weight is 317 g/mol. The van der Waals surface area contributed by atoms with Crippen LogP contribution >= 0.6 is 11.8 Å². The third-order valence-corrected chi connectivity index (χ3v) is 3.93. The highest BCUT2D eigenvalue weighted by Gasteiger charge is 2.20. The molecule has 0 saturated carbocycles. The number of carbonyl (C=O) groups excluding carboxylic acids is 3. The van der Waals surface area contributed by atoms with E-state index in [1.165, 1.54) is 31.0 Å². The summed E-state index contributed by atoms with van der Waals surface area (Å²) in [7, 11) is 1.31. The van der Waals surface area contributed by atoms with Gasteiger partial charge in [0.2, 0.25) is 5.78 Å². The van der Waals surface area contributed by atoms with Gasteiger partial charge in [0.25, 0.3) is 0 Å². The van der Waals surface area contributed by atoms with Crippen molar-refractivity contribution < 1.29 is 19.1 Å². The Morgan fingerprint density at radius 2 is 1.86 bits per heavy atom. The number of ether oxygens (including phenoxy) is 1. The largest absolute Gasteiger partial charge is 0.469 e. The second kappa shape index (κ2) is 7.61. The van der Waals surface area contributed by atoms with Crippen LogP contribution in [0.2, 0.25) is 0 Å². The van der Waals surface area contributed by atoms with Gasteiger partial charge in [-0.1, -0.05) is 18.2 Å². The third-order valence-electron chi connectivity index (χ3n) is 2.89. The Morgan fingerprint density at radius 1 is 1.14 bits per heavy atom. The van der Waals surface area contributed by atoms with E-state index in [2.05, 4.69) is 10.1 Å². The summed E-state index contributed by atoms with van der Waals surface area (Å²) in [4.78, 5) is 35.4. The molecule has 1 aromatic carbocycles. The molecule has 0 unspecified atom stereocenters. The Bertz CT molecular complexity index is 649. The molecular weight excluding hydrogens is 302 g/mol. The second-order valence-electron chi connectivity index (χ2n) is 4.46. The number of hydrogen-bond acceptors (Lipinski definition) is 6. The summed E-state index contributed by atoms with van der Waals surface area (Å²) in [6.45, 7) is 0. The molecular formula is C16H15NO4S. The summed E-state index contributed by atoms with van der Waals surface area (Å²) in [6.07, 6.45) is 2.78. The molecule has 0 radical (unpaired) electrons. The van der Waals surface area contributed by atoms with Gasteiger partial charge in [0.05, 0.1) is 24.1 Å². The molecule has 0 spiro atoms. The zero-order chi connectivity index (χ0) is 15.9. The lowest BCUT2D eigenvalue weighted by atomic mass is 10.1. The fourth-order valence-corrected chi connectivity index (χ4v) is 2.66. The van der Waals surface area contributed by atoms with Crippen LogP contribution in [-0.4, -0.2) is 30.4 Å². The van der Waals surface area contributed by atoms with Crippen molar-refractivity contribution >= 4 is 35.0 Å². The molecule has 2 rings (SSSR count). The highest BCUT2D eigenvalue weighted by atomic mass is 32.2. The number of allylic oxidation sites excluding steroid dienone is 3. The standard InChI is InChI=1S/C16H15NO4S/c1-21-16(20)7-8-22-15-10-13(18)12(9-14(15)19)17-11-5-3-2-4-6-11/h2-6,9-10,17H,7-8H2,1H3. The van der Waals surface area contributed by atoms with Crippen LogP contribution in [0.25, 0.3) is 0 Å². The molecule has 0 atom stereocenters. The van der Waals surface area contributed by atoms with Gasteiger partial charge in [-0.2, -0.15) is 0 Å². The van der Waals surface area contributed by atoms with Crippen molar-refractivity contribution in [2.45, 2.75) is 6.42 Å². The first-order valence-electron chi connectivity index (χ1n) is 6.64. The van der Waals surface area contributed by atoms with Crippen molar-refractivity contribution in [2.75, 3.05) is 18.2 Å². The van der Waals surface area contributed by atoms with Crippen molar-refractivity contribution in [3.8, 4) is 0 Å². The molecule has 1 aliphatic rings. The van der Waals surface area contributed by atoms with Gasteiger partial charge >= 0.3 is 5.97 Å². The molecule has 0 amide bonds. The van der Waals surface area contributed by atoms with Gasteiger partial charge in [-0.15, -0.1) is 11.8 Å². The lowest BCUT2D eigenvalue weighted by molar-refractivity contribution is -0.140. The van der Waals surface area contributed by atoms with E-state index in [4.69, 9.17) is 0 Å². The number of para-hydroxylation sites is 1. The summed E-state index contributed by atoms with van der Waals surface area (Å²) in [5, 5.41) is 2.93. The number of rotatable bonds is 6. The zero-order valence-electron chi connectivity index (χ0n) is 12.0. The summed E-state index contributed by atoms with van der Waals surface area (Å²) in [6, 6.07) is 9.15. The second-order valence-corrected chi connectivity index (χ2v) is 5.60. The number of thioether (sulfide) groups is 1. The number of esters is 1. The zero-order valence-corrected chi connectivity index (χ0v) is 12.8. The Kier molecular flexibility index (Phi) is 5.55. The van der Waals surface area contributed by atoms with E-state index < -0.39 is 0 Å². The van der Waals surface area contributed by atoms with Crippen LogP contribution < -0.4 is 5.32 Å². The molecule has 6 heteroatoms. The first-order valence-corrected chi connectivity index (χ1v) is 7.62. The van der Waals surface area contributed by atoms with E-state index in [1.54, 1.807) is 0 Å². The quantitative estimate of drug-likeness (QED) is 0.641. The highest BCUT2D eigenvalue weighted by Crippen LogP contribution is 2.24. The number of benzene rings is 1. The molecule has 0 saturated heterocycles. The lowest BCUT2D eigenvalue weighted by Crippen LogP contribution is -2.17. The normalized spacial score (nSPS) is 14.2. The maximum absolute atomic E-state index is 12.0. The number of carbonyl (C=O) groups is 3. The van der Waals surface area contributed by atoms with Crippen molar-refractivity contribution in [3.05, 3.63) is 53.1 Å². The molecule has 0 aliphatic heterocycles. The molecule has 0 fully saturated rings. The van der Waals surface area contributed by atoms with Crippen molar-refractivity contribution in [1.29, 1.82) is 0 Å². The Morgan fingerprint density at radius 3 is 2.55 bits per heavy atom. The van der Waals surface area contributed by atoms with Crippen LogP contribution in [0, 0.1) is 0 Å². The van der Waals surface area contributed by atoms with Crippen molar-refractivity contribution in [3.63, 3.8) is 0 Å². The average Bonchev–Trinajstić information content (AvgIpc) is 2.52. The van der Waals surface area contributed by atoms with E-state index >= 15 is 0 Å². The number of hydrogen-bond donors (Lipinski definition) is 1. The van der Waals surface area contributed by atoms with Crippen molar-refractivity contribution in [2.24, 2.45) is 0 Å². The predicted octanol–water partition coefficient (Wildman–Crippen LogP) is 2.31. The molecule has 0 aromatic heterocycles. The molecule has 22 heavy (non-hydrogen) atoms. The third kappa shape index (κ3) is 4.33. The van der Waals surface area contributed by atoms with Crippen LogP contribution in [0.4, 0.5) is 5.69 Å². The minimum atomic E-state index is -0.343. The molecule has 0 heterocycles. The minimum Gasteiger partial charge on any atom is -0.469 e. The van der Waals surface area contributed by atoms with E-state index in [9.17, 15) is 14.4 Å². The number of ketones is 2. The van der Waals surface area contributed by atoms with Gasteiger partial charge < -0.3 is 10.1 Å². The van der Waals surface area contributed by atoms with Gasteiger partial charge in [0.1, 0.15) is 0 Å². The van der Waals surface area contributed by atoms with E-state index in [0.29, 0.717) is 10.7 Å². The Labute approximate surface area is 132 Å². The van der Waals surface area contributed by atoms with Crippen LogP contribution in [-0.2, 0) is 19.1 Å². The van der Waals surface area contributed by atoms with Crippen LogP contribution in [0.3, 0.4) is 0 Å². The topological polar surface area (TPSA) is 72.5 Å². The molecule has 0 bridgehead atoms. The van der Waals surface area contributed by atoms with Crippen molar-refractivity contribution in [1.82, 2.24) is 0 Å². The van der Waals surface area contributed by atoms with Gasteiger partial charge in [0.15, 0.2) is 5.78 Å². The molecule has 1 aromatic rings. The monoisotopic (exact) mass is 317 g/mol. The highest BCUT2D eigenvalue weighted by molar-refractivity contribution is 8.04. The summed E-state index contributed by atoms with van der Waals surface area (Å²) in [5.41, 5.74) is 0.985. The number of nitrogens with one attached hydrogen (secondary N) is 1. The van der Waals surface area contributed by atoms with Gasteiger partial charge in [0, 0.05) is 23.6 Å². The fraction of sp³-hybridized carbons (Fsp3) is 0.188. The SMILES string of the molecule is COC(=O)CCSC1=CC(=O)C(Nc2ccccc2)=CC1=O. The van der Waals surface area contributed by atoms with Gasteiger partial charge in [-0.3, -0.25) is 14.4 Å². The van der Waals surface area contributed by atoms with E-state index in [1.807, 2.05) is 30.3 Å². The smallest absolute Gasteiger partial charge is 0.306 e. The van der Waals surface area contributed by atoms with Crippen LogP contribution in [0.15, 0.2) is 53.1 Å². The molecule has 114 valence electrons.